The third-order valence-electron chi connectivity index (χ3n) is 6.44. The fraction of sp³-hybridized carbons (Fsp3) is 0.667. The minimum Gasteiger partial charge on any atom is -0.309 e. The van der Waals surface area contributed by atoms with Crippen molar-refractivity contribution in [2.45, 2.75) is 51.1 Å². The standard InChI is InChI=1S/C18H23N/c1-2-12-5-4-11(8-13(12)3-1)10-19-18-16-14-6-7-15(9-14)17(16)18/h4-5,8,14-19H,1-3,6-7,9-10H2. The van der Waals surface area contributed by atoms with Crippen molar-refractivity contribution in [3.05, 3.63) is 34.9 Å². The van der Waals surface area contributed by atoms with E-state index in [-0.39, 0.29) is 0 Å². The molecule has 2 bridgehead atoms. The van der Waals surface area contributed by atoms with Crippen molar-refractivity contribution in [3.8, 4) is 0 Å². The van der Waals surface area contributed by atoms with Crippen molar-refractivity contribution in [1.82, 2.24) is 5.32 Å². The first-order chi connectivity index (χ1) is 9.40. The van der Waals surface area contributed by atoms with Crippen molar-refractivity contribution >= 4 is 0 Å². The van der Waals surface area contributed by atoms with Gasteiger partial charge in [0, 0.05) is 12.6 Å². The highest BCUT2D eigenvalue weighted by Crippen LogP contribution is 2.65. The van der Waals surface area contributed by atoms with Gasteiger partial charge in [0.15, 0.2) is 0 Å². The quantitative estimate of drug-likeness (QED) is 0.871. The summed E-state index contributed by atoms with van der Waals surface area (Å²) in [4.78, 5) is 0. The van der Waals surface area contributed by atoms with Crippen LogP contribution in [0.5, 0.6) is 0 Å². The molecule has 0 heterocycles. The van der Waals surface area contributed by atoms with Crippen LogP contribution in [0.1, 0.15) is 42.4 Å². The second-order valence-corrected chi connectivity index (χ2v) is 7.35. The fourth-order valence-corrected chi connectivity index (χ4v) is 5.57. The second-order valence-electron chi connectivity index (χ2n) is 7.35. The fourth-order valence-electron chi connectivity index (χ4n) is 5.57. The summed E-state index contributed by atoms with van der Waals surface area (Å²) < 4.78 is 0. The van der Waals surface area contributed by atoms with Crippen LogP contribution in [-0.2, 0) is 19.4 Å². The predicted molar refractivity (Wildman–Crippen MR) is 76.9 cm³/mol. The van der Waals surface area contributed by atoms with Crippen LogP contribution in [0.15, 0.2) is 18.2 Å². The van der Waals surface area contributed by atoms with Crippen LogP contribution >= 0.6 is 0 Å². The lowest BCUT2D eigenvalue weighted by Crippen LogP contribution is -2.22. The van der Waals surface area contributed by atoms with E-state index >= 15 is 0 Å². The van der Waals surface area contributed by atoms with Crippen molar-refractivity contribution < 1.29 is 0 Å². The zero-order chi connectivity index (χ0) is 12.4. The summed E-state index contributed by atoms with van der Waals surface area (Å²) in [6, 6.07) is 8.06. The maximum atomic E-state index is 3.87. The lowest BCUT2D eigenvalue weighted by Gasteiger charge is -2.11. The summed E-state index contributed by atoms with van der Waals surface area (Å²) in [7, 11) is 0. The molecular formula is C18H23N. The average Bonchev–Trinajstić information content (AvgIpc) is 2.85. The van der Waals surface area contributed by atoms with Gasteiger partial charge in [-0.15, -0.1) is 0 Å². The largest absolute Gasteiger partial charge is 0.309 e. The number of fused-ring (bicyclic) bond motifs is 6. The normalized spacial score (nSPS) is 41.4. The Hall–Kier alpha value is -0.820. The van der Waals surface area contributed by atoms with Crippen LogP contribution in [0.3, 0.4) is 0 Å². The lowest BCUT2D eigenvalue weighted by molar-refractivity contribution is 0.456. The molecule has 0 spiro atoms. The van der Waals surface area contributed by atoms with Gasteiger partial charge in [-0.3, -0.25) is 0 Å². The van der Waals surface area contributed by atoms with Crippen molar-refractivity contribution in [2.24, 2.45) is 23.7 Å². The van der Waals surface area contributed by atoms with Gasteiger partial charge in [-0.05, 0) is 78.9 Å². The second kappa shape index (κ2) is 3.85. The van der Waals surface area contributed by atoms with Crippen LogP contribution in [-0.4, -0.2) is 6.04 Å². The highest BCUT2D eigenvalue weighted by Gasteiger charge is 2.64. The molecule has 0 aromatic heterocycles. The summed E-state index contributed by atoms with van der Waals surface area (Å²) >= 11 is 0. The number of aryl methyl sites for hydroxylation is 2. The maximum Gasteiger partial charge on any atom is 0.0208 e. The van der Waals surface area contributed by atoms with E-state index in [0.717, 1.165) is 36.3 Å². The van der Waals surface area contributed by atoms with E-state index < -0.39 is 0 Å². The molecule has 1 aromatic carbocycles. The smallest absolute Gasteiger partial charge is 0.0208 e. The molecule has 3 saturated carbocycles. The maximum absolute atomic E-state index is 3.87. The third kappa shape index (κ3) is 1.57. The van der Waals surface area contributed by atoms with Gasteiger partial charge in [0.2, 0.25) is 0 Å². The van der Waals surface area contributed by atoms with Crippen LogP contribution < -0.4 is 5.32 Å². The highest BCUT2D eigenvalue weighted by atomic mass is 15.0. The number of benzene rings is 1. The average molecular weight is 253 g/mol. The SMILES string of the molecule is c1cc2c(cc1CNC1C3C4CCC(C4)C13)CCC2. The molecule has 4 atom stereocenters. The molecule has 0 saturated heterocycles. The van der Waals surface area contributed by atoms with Gasteiger partial charge in [-0.2, -0.15) is 0 Å². The molecule has 100 valence electrons. The van der Waals surface area contributed by atoms with Gasteiger partial charge in [0.25, 0.3) is 0 Å². The van der Waals surface area contributed by atoms with E-state index in [1.54, 1.807) is 17.5 Å². The van der Waals surface area contributed by atoms with E-state index in [1.165, 1.54) is 37.7 Å². The Morgan fingerprint density at radius 1 is 1.00 bits per heavy atom. The molecule has 1 aromatic rings. The monoisotopic (exact) mass is 253 g/mol. The molecule has 4 aliphatic carbocycles. The first-order valence-corrected chi connectivity index (χ1v) is 8.24. The lowest BCUT2D eigenvalue weighted by atomic mass is 10.0. The van der Waals surface area contributed by atoms with Crippen LogP contribution in [0.4, 0.5) is 0 Å². The first kappa shape index (κ1) is 10.9. The summed E-state index contributed by atoms with van der Waals surface area (Å²) in [6.07, 6.45) is 8.60. The zero-order valence-corrected chi connectivity index (χ0v) is 11.6. The molecule has 5 rings (SSSR count). The topological polar surface area (TPSA) is 12.0 Å². The molecule has 0 amide bonds. The molecule has 3 fully saturated rings. The van der Waals surface area contributed by atoms with Gasteiger partial charge in [0.1, 0.15) is 0 Å². The molecular weight excluding hydrogens is 230 g/mol. The Kier molecular flexibility index (Phi) is 2.21. The van der Waals surface area contributed by atoms with Gasteiger partial charge in [-0.1, -0.05) is 18.2 Å². The van der Waals surface area contributed by atoms with Crippen LogP contribution in [0.2, 0.25) is 0 Å². The Bertz CT molecular complexity index is 504. The number of nitrogens with one attached hydrogen (secondary N) is 1. The predicted octanol–water partition coefficient (Wildman–Crippen LogP) is 3.31. The van der Waals surface area contributed by atoms with Crippen molar-refractivity contribution in [3.63, 3.8) is 0 Å². The number of rotatable bonds is 3. The molecule has 1 nitrogen and oxygen atoms in total. The first-order valence-electron chi connectivity index (χ1n) is 8.24. The summed E-state index contributed by atoms with van der Waals surface area (Å²) in [5.74, 6) is 4.31. The van der Waals surface area contributed by atoms with E-state index in [4.69, 9.17) is 0 Å². The zero-order valence-electron chi connectivity index (χ0n) is 11.6. The van der Waals surface area contributed by atoms with Gasteiger partial charge >= 0.3 is 0 Å². The Balaban J connectivity index is 1.25. The molecule has 4 unspecified atom stereocenters. The molecule has 1 heteroatoms. The summed E-state index contributed by atoms with van der Waals surface area (Å²) in [6.45, 7) is 1.10. The van der Waals surface area contributed by atoms with E-state index in [2.05, 4.69) is 23.5 Å². The van der Waals surface area contributed by atoms with E-state index in [1.807, 2.05) is 0 Å². The molecule has 1 N–H and O–H groups in total. The minimum absolute atomic E-state index is 0.875. The molecule has 4 aliphatic rings. The van der Waals surface area contributed by atoms with E-state index in [9.17, 15) is 0 Å². The summed E-state index contributed by atoms with van der Waals surface area (Å²) in [5, 5.41) is 3.87. The van der Waals surface area contributed by atoms with Crippen molar-refractivity contribution in [1.29, 1.82) is 0 Å². The minimum atomic E-state index is 0.875. The third-order valence-corrected chi connectivity index (χ3v) is 6.44. The van der Waals surface area contributed by atoms with Crippen molar-refractivity contribution in [2.75, 3.05) is 0 Å². The van der Waals surface area contributed by atoms with Crippen LogP contribution in [0.25, 0.3) is 0 Å². The molecule has 19 heavy (non-hydrogen) atoms. The van der Waals surface area contributed by atoms with Gasteiger partial charge in [0.05, 0.1) is 0 Å². The number of hydrogen-bond acceptors (Lipinski definition) is 1. The van der Waals surface area contributed by atoms with Gasteiger partial charge < -0.3 is 5.32 Å². The highest BCUT2D eigenvalue weighted by molar-refractivity contribution is 5.35. The Labute approximate surface area is 115 Å². The number of hydrogen-bond donors (Lipinski definition) is 1. The summed E-state index contributed by atoms with van der Waals surface area (Å²) in [5.41, 5.74) is 4.73. The van der Waals surface area contributed by atoms with Crippen LogP contribution in [0, 0.1) is 23.7 Å². The molecule has 0 aliphatic heterocycles. The Morgan fingerprint density at radius 2 is 1.79 bits per heavy atom. The molecule has 0 radical (unpaired) electrons. The van der Waals surface area contributed by atoms with Gasteiger partial charge in [-0.25, -0.2) is 0 Å². The Morgan fingerprint density at radius 3 is 2.63 bits per heavy atom. The van der Waals surface area contributed by atoms with E-state index in [0.29, 0.717) is 0 Å².